The van der Waals surface area contributed by atoms with Gasteiger partial charge < -0.3 is 59.8 Å². The Kier molecular flexibility index (Phi) is 11.2. The molecule has 13 heteroatoms. The molecule has 4 saturated carbocycles. The number of rotatable bonds is 7. The molecule has 3 saturated heterocycles. The van der Waals surface area contributed by atoms with Gasteiger partial charge in [0.2, 0.25) is 0 Å². The lowest BCUT2D eigenvalue weighted by Crippen LogP contribution is -2.62. The first kappa shape index (κ1) is 39.3. The molecule has 7 aliphatic rings. The fourth-order valence-electron chi connectivity index (χ4n) is 12.4. The van der Waals surface area contributed by atoms with Crippen LogP contribution in [0.4, 0.5) is 0 Å². The van der Waals surface area contributed by atoms with Crippen molar-refractivity contribution < 1.29 is 54.0 Å². The number of hydrogen-bond donors (Lipinski definition) is 6. The molecule has 0 radical (unpaired) electrons. The second-order valence-corrected chi connectivity index (χ2v) is 18.2. The van der Waals surface area contributed by atoms with Gasteiger partial charge in [0.05, 0.1) is 48.3 Å². The molecule has 0 aromatic carbocycles. The van der Waals surface area contributed by atoms with Gasteiger partial charge in [-0.15, -0.1) is 0 Å². The molecule has 3 heterocycles. The zero-order valence-electron chi connectivity index (χ0n) is 32.0. The lowest BCUT2D eigenvalue weighted by Gasteiger charge is -2.63. The molecule has 0 aromatic rings. The fourth-order valence-corrected chi connectivity index (χ4v) is 12.4. The molecule has 7 rings (SSSR count). The maximum absolute atomic E-state index is 12.4. The third kappa shape index (κ3) is 6.79. The molecule has 52 heavy (non-hydrogen) atoms. The summed E-state index contributed by atoms with van der Waals surface area (Å²) in [4.78, 5) is 0. The monoisotopic (exact) mass is 738 g/mol. The van der Waals surface area contributed by atoms with Crippen LogP contribution >= 0.6 is 0 Å². The van der Waals surface area contributed by atoms with Crippen LogP contribution in [-0.4, -0.2) is 117 Å². The fraction of sp³-hybridized carbons (Fsp3) is 0.974. The molecule has 0 aromatic heterocycles. The van der Waals surface area contributed by atoms with E-state index in [1.54, 1.807) is 13.8 Å². The lowest BCUT2D eigenvalue weighted by atomic mass is 9.43. The molecule has 3 aliphatic heterocycles. The Morgan fingerprint density at radius 1 is 0.673 bits per heavy atom. The van der Waals surface area contributed by atoms with Crippen molar-refractivity contribution in [2.75, 3.05) is 0 Å². The van der Waals surface area contributed by atoms with Gasteiger partial charge in [-0.2, -0.15) is 5.10 Å². The van der Waals surface area contributed by atoms with Crippen molar-refractivity contribution in [2.45, 2.75) is 204 Å². The summed E-state index contributed by atoms with van der Waals surface area (Å²) in [5.74, 6) is 7.28. The second kappa shape index (κ2) is 14.8. The van der Waals surface area contributed by atoms with Gasteiger partial charge in [0.25, 0.3) is 0 Å². The van der Waals surface area contributed by atoms with E-state index in [9.17, 15) is 25.5 Å². The largest absolute Gasteiger partial charge is 0.390 e. The summed E-state index contributed by atoms with van der Waals surface area (Å²) >= 11 is 0. The van der Waals surface area contributed by atoms with E-state index < -0.39 is 79.4 Å². The van der Waals surface area contributed by atoms with Crippen molar-refractivity contribution >= 4 is 5.71 Å². The van der Waals surface area contributed by atoms with E-state index in [4.69, 9.17) is 34.3 Å². The zero-order chi connectivity index (χ0) is 37.3. The van der Waals surface area contributed by atoms with Crippen LogP contribution < -0.4 is 5.84 Å². The van der Waals surface area contributed by atoms with Gasteiger partial charge in [-0.05, 0) is 109 Å². The van der Waals surface area contributed by atoms with Crippen molar-refractivity contribution in [1.29, 1.82) is 0 Å². The van der Waals surface area contributed by atoms with E-state index in [0.29, 0.717) is 17.8 Å². The molecule has 0 unspecified atom stereocenters. The molecule has 298 valence electrons. The average Bonchev–Trinajstić information content (AvgIpc) is 3.37. The van der Waals surface area contributed by atoms with E-state index in [-0.39, 0.29) is 42.1 Å². The predicted octanol–water partition coefficient (Wildman–Crippen LogP) is 3.10. The van der Waals surface area contributed by atoms with Gasteiger partial charge in [0, 0.05) is 36.3 Å². The Morgan fingerprint density at radius 2 is 1.25 bits per heavy atom. The van der Waals surface area contributed by atoms with Gasteiger partial charge in [0.15, 0.2) is 18.9 Å². The average molecular weight is 739 g/mol. The highest BCUT2D eigenvalue weighted by Gasteiger charge is 2.67. The number of fused-ring (bicyclic) bond motifs is 5. The normalized spacial score (nSPS) is 55.7. The molecule has 0 spiro atoms. The minimum atomic E-state index is -0.991. The number of aliphatic hydroxyl groups is 5. The highest BCUT2D eigenvalue weighted by molar-refractivity contribution is 5.85. The number of aliphatic hydroxyl groups excluding tert-OH is 4. The zero-order valence-corrected chi connectivity index (χ0v) is 32.0. The van der Waals surface area contributed by atoms with E-state index >= 15 is 0 Å². The van der Waals surface area contributed by atoms with Crippen LogP contribution in [0.15, 0.2) is 5.10 Å². The summed E-state index contributed by atoms with van der Waals surface area (Å²) in [6.07, 6.45) is 0.669. The smallest absolute Gasteiger partial charge is 0.161 e. The maximum Gasteiger partial charge on any atom is 0.161 e. The first-order valence-corrected chi connectivity index (χ1v) is 20.2. The van der Waals surface area contributed by atoms with Crippen LogP contribution in [0.2, 0.25) is 0 Å². The van der Waals surface area contributed by atoms with Crippen LogP contribution in [0.1, 0.15) is 119 Å². The molecule has 0 amide bonds. The molecule has 7 fully saturated rings. The van der Waals surface area contributed by atoms with Crippen molar-refractivity contribution in [3.63, 3.8) is 0 Å². The van der Waals surface area contributed by atoms with Gasteiger partial charge in [-0.1, -0.05) is 13.8 Å². The quantitative estimate of drug-likeness (QED) is 0.0969. The molecule has 7 N–H and O–H groups in total. The minimum Gasteiger partial charge on any atom is -0.390 e. The highest BCUT2D eigenvalue weighted by atomic mass is 16.7. The lowest BCUT2D eigenvalue weighted by molar-refractivity contribution is -0.336. The maximum atomic E-state index is 12.4. The van der Waals surface area contributed by atoms with Gasteiger partial charge in [-0.25, -0.2) is 0 Å². The Morgan fingerprint density at radius 3 is 1.83 bits per heavy atom. The Labute approximate surface area is 308 Å². The Balaban J connectivity index is 0.899. The van der Waals surface area contributed by atoms with Gasteiger partial charge >= 0.3 is 0 Å². The molecule has 13 nitrogen and oxygen atoms in total. The number of hydrogen-bond acceptors (Lipinski definition) is 13. The Bertz CT molecular complexity index is 1260. The summed E-state index contributed by atoms with van der Waals surface area (Å²) in [5.41, 5.74) is 0.269. The van der Waals surface area contributed by atoms with E-state index in [1.807, 2.05) is 13.8 Å². The summed E-state index contributed by atoms with van der Waals surface area (Å²) in [5, 5.41) is 58.9. The molecule has 20 atom stereocenters. The van der Waals surface area contributed by atoms with Crippen molar-refractivity contribution in [2.24, 2.45) is 45.4 Å². The van der Waals surface area contributed by atoms with Crippen LogP contribution in [0.25, 0.3) is 0 Å². The van der Waals surface area contributed by atoms with Crippen LogP contribution in [-0.2, 0) is 28.4 Å². The molecule has 0 bridgehead atoms. The number of ether oxygens (including phenoxy) is 6. The minimum absolute atomic E-state index is 0.0443. The predicted molar refractivity (Wildman–Crippen MR) is 189 cm³/mol. The first-order chi connectivity index (χ1) is 24.6. The van der Waals surface area contributed by atoms with Crippen molar-refractivity contribution in [1.82, 2.24) is 0 Å². The van der Waals surface area contributed by atoms with E-state index in [2.05, 4.69) is 18.9 Å². The molecular formula is C39H66N2O11. The van der Waals surface area contributed by atoms with Gasteiger partial charge in [-0.3, -0.25) is 0 Å². The number of hydrazone groups is 1. The van der Waals surface area contributed by atoms with Crippen LogP contribution in [0.5, 0.6) is 0 Å². The first-order valence-electron chi connectivity index (χ1n) is 20.2. The standard InChI is InChI=1S/C39H66N2O11/c1-19(41-40)25-11-14-39(46)27-8-7-23-15-24(9-12-37(23,5)26(27)10-13-38(25,39)6)50-31-17-29(43)35(21(3)48-31)52-33-18-30(44)36(22(4)49-33)51-32-16-28(42)34(45)20(2)47-32/h20-36,42-46H,7-18,40H2,1-6H3/b41-19+/t20-,21-,22-,23-,24+,25-,26+,27-,28+,29+,30+,31+,32+,33+,34-,35-,36-,37+,38-,39+/m1/s1. The number of nitrogens with zero attached hydrogens (tertiary/aromatic N) is 1. The highest BCUT2D eigenvalue weighted by Crippen LogP contribution is 2.69. The SMILES string of the molecule is C/C(=N\N)[C@H]1CC[C@]2(O)[C@@H]3CC[C@@H]4C[C@@H](O[C@H]5C[C@H](O)[C@H](O[C@H]6C[C@H](O)[C@H](O[C@H]7C[C@H](O)[C@H](O)[C@@H](C)O7)[C@@H](C)O6)[C@@H](C)O5)CC[C@]4(C)[C@H]3CC[C@]12C. The van der Waals surface area contributed by atoms with Crippen LogP contribution in [0.3, 0.4) is 0 Å². The van der Waals surface area contributed by atoms with E-state index in [1.165, 1.54) is 0 Å². The van der Waals surface area contributed by atoms with Gasteiger partial charge in [0.1, 0.15) is 18.3 Å². The van der Waals surface area contributed by atoms with Crippen molar-refractivity contribution in [3.05, 3.63) is 0 Å². The third-order valence-corrected chi connectivity index (χ3v) is 15.4. The van der Waals surface area contributed by atoms with Crippen molar-refractivity contribution in [3.8, 4) is 0 Å². The summed E-state index contributed by atoms with van der Waals surface area (Å²) < 4.78 is 36.9. The summed E-state index contributed by atoms with van der Waals surface area (Å²) in [6.45, 7) is 12.1. The Hall–Kier alpha value is -0.970. The summed E-state index contributed by atoms with van der Waals surface area (Å²) in [7, 11) is 0. The second-order valence-electron chi connectivity index (χ2n) is 18.2. The topological polar surface area (TPSA) is 195 Å². The summed E-state index contributed by atoms with van der Waals surface area (Å²) in [6, 6.07) is 0. The molecular weight excluding hydrogens is 672 g/mol. The van der Waals surface area contributed by atoms with E-state index in [0.717, 1.165) is 63.5 Å². The van der Waals surface area contributed by atoms with Crippen LogP contribution in [0, 0.1) is 34.5 Å². The molecule has 4 aliphatic carbocycles. The number of nitrogens with two attached hydrogens (primary N) is 1. The third-order valence-electron chi connectivity index (χ3n) is 15.4.